The van der Waals surface area contributed by atoms with Gasteiger partial charge in [-0.2, -0.15) is 0 Å². The molecule has 5 heteroatoms. The lowest BCUT2D eigenvalue weighted by molar-refractivity contribution is -0.139. The third-order valence-electron chi connectivity index (χ3n) is 3.59. The molecule has 0 bridgehead atoms. The van der Waals surface area contributed by atoms with Crippen molar-refractivity contribution in [3.8, 4) is 5.75 Å². The highest BCUT2D eigenvalue weighted by Gasteiger charge is 2.12. The zero-order valence-electron chi connectivity index (χ0n) is 13.6. The number of carboxylic acid groups (broad SMARTS) is 1. The summed E-state index contributed by atoms with van der Waals surface area (Å²) in [5.74, 6) is -0.783. The van der Waals surface area contributed by atoms with E-state index >= 15 is 0 Å². The van der Waals surface area contributed by atoms with Gasteiger partial charge in [-0.1, -0.05) is 36.4 Å². The fourth-order valence-electron chi connectivity index (χ4n) is 2.35. The van der Waals surface area contributed by atoms with Crippen LogP contribution in [0.25, 0.3) is 0 Å². The Morgan fingerprint density at radius 2 is 1.83 bits per heavy atom. The van der Waals surface area contributed by atoms with Gasteiger partial charge in [-0.05, 0) is 36.6 Å². The molecule has 0 saturated heterocycles. The lowest BCUT2D eigenvalue weighted by Crippen LogP contribution is -2.28. The number of carbonyl (C=O) groups excluding carboxylic acids is 1. The average molecular weight is 327 g/mol. The Balaban J connectivity index is 1.88. The number of benzene rings is 2. The smallest absolute Gasteiger partial charge is 0.341 e. The molecule has 0 aliphatic carbocycles. The Morgan fingerprint density at radius 3 is 2.54 bits per heavy atom. The first-order valence-corrected chi connectivity index (χ1v) is 7.80. The van der Waals surface area contributed by atoms with Crippen molar-refractivity contribution in [3.63, 3.8) is 0 Å². The first-order chi connectivity index (χ1) is 11.6. The fourth-order valence-corrected chi connectivity index (χ4v) is 2.35. The highest BCUT2D eigenvalue weighted by molar-refractivity contribution is 5.94. The van der Waals surface area contributed by atoms with Crippen LogP contribution in [0.4, 0.5) is 0 Å². The molecule has 0 spiro atoms. The van der Waals surface area contributed by atoms with E-state index in [1.54, 1.807) is 36.2 Å². The van der Waals surface area contributed by atoms with E-state index in [0.717, 1.165) is 12.8 Å². The van der Waals surface area contributed by atoms with Gasteiger partial charge in [0, 0.05) is 19.2 Å². The molecular formula is C19H21NO4. The molecule has 2 aromatic rings. The van der Waals surface area contributed by atoms with E-state index in [2.05, 4.69) is 12.1 Å². The highest BCUT2D eigenvalue weighted by atomic mass is 16.5. The van der Waals surface area contributed by atoms with E-state index in [4.69, 9.17) is 9.84 Å². The molecule has 0 fully saturated rings. The van der Waals surface area contributed by atoms with Gasteiger partial charge in [0.2, 0.25) is 0 Å². The summed E-state index contributed by atoms with van der Waals surface area (Å²) < 4.78 is 5.11. The van der Waals surface area contributed by atoms with Crippen LogP contribution in [0.5, 0.6) is 5.75 Å². The van der Waals surface area contributed by atoms with Crippen LogP contribution in [0.15, 0.2) is 54.6 Å². The van der Waals surface area contributed by atoms with E-state index < -0.39 is 12.6 Å². The van der Waals surface area contributed by atoms with Crippen molar-refractivity contribution in [2.24, 2.45) is 0 Å². The molecule has 0 aliphatic rings. The van der Waals surface area contributed by atoms with Crippen LogP contribution >= 0.6 is 0 Å². The first-order valence-electron chi connectivity index (χ1n) is 7.80. The summed E-state index contributed by atoms with van der Waals surface area (Å²) in [6.07, 6.45) is 1.79. The quantitative estimate of drug-likeness (QED) is 0.809. The molecule has 0 unspecified atom stereocenters. The van der Waals surface area contributed by atoms with E-state index in [9.17, 15) is 9.59 Å². The Labute approximate surface area is 141 Å². The SMILES string of the molecule is CN(CCCc1ccccc1)C(=O)c1cccc(OCC(=O)O)c1. The molecule has 5 nitrogen and oxygen atoms in total. The van der Waals surface area contributed by atoms with E-state index in [1.165, 1.54) is 5.56 Å². The Bertz CT molecular complexity index is 685. The molecule has 2 aromatic carbocycles. The minimum atomic E-state index is -1.05. The summed E-state index contributed by atoms with van der Waals surface area (Å²) in [5, 5.41) is 8.63. The maximum Gasteiger partial charge on any atom is 0.341 e. The largest absolute Gasteiger partial charge is 0.482 e. The van der Waals surface area contributed by atoms with Crippen molar-refractivity contribution >= 4 is 11.9 Å². The van der Waals surface area contributed by atoms with Crippen LogP contribution in [0.3, 0.4) is 0 Å². The second kappa shape index (κ2) is 8.72. The van der Waals surface area contributed by atoms with Gasteiger partial charge < -0.3 is 14.7 Å². The van der Waals surface area contributed by atoms with E-state index in [-0.39, 0.29) is 5.91 Å². The monoisotopic (exact) mass is 327 g/mol. The number of carbonyl (C=O) groups is 2. The minimum Gasteiger partial charge on any atom is -0.482 e. The van der Waals surface area contributed by atoms with Gasteiger partial charge in [0.25, 0.3) is 5.91 Å². The molecule has 1 N–H and O–H groups in total. The van der Waals surface area contributed by atoms with Crippen LogP contribution in [0, 0.1) is 0 Å². The Hall–Kier alpha value is -2.82. The third kappa shape index (κ3) is 5.43. The Morgan fingerprint density at radius 1 is 1.08 bits per heavy atom. The molecule has 2 rings (SSSR count). The van der Waals surface area contributed by atoms with Crippen LogP contribution < -0.4 is 4.74 Å². The van der Waals surface area contributed by atoms with Crippen molar-refractivity contribution in [1.29, 1.82) is 0 Å². The van der Waals surface area contributed by atoms with E-state index in [1.807, 2.05) is 18.2 Å². The fraction of sp³-hybridized carbons (Fsp3) is 0.263. The van der Waals surface area contributed by atoms with Crippen LogP contribution in [-0.2, 0) is 11.2 Å². The van der Waals surface area contributed by atoms with Crippen molar-refractivity contribution in [2.45, 2.75) is 12.8 Å². The zero-order chi connectivity index (χ0) is 17.4. The summed E-state index contributed by atoms with van der Waals surface area (Å²) in [7, 11) is 1.76. The molecule has 0 atom stereocenters. The minimum absolute atomic E-state index is 0.108. The molecule has 1 amide bonds. The lowest BCUT2D eigenvalue weighted by Gasteiger charge is -2.17. The number of rotatable bonds is 8. The van der Waals surface area contributed by atoms with Gasteiger partial charge >= 0.3 is 5.97 Å². The van der Waals surface area contributed by atoms with Gasteiger partial charge in [0.05, 0.1) is 0 Å². The van der Waals surface area contributed by atoms with Crippen molar-refractivity contribution < 1.29 is 19.4 Å². The summed E-state index contributed by atoms with van der Waals surface area (Å²) in [4.78, 5) is 24.6. The van der Waals surface area contributed by atoms with Gasteiger partial charge in [0.15, 0.2) is 6.61 Å². The topological polar surface area (TPSA) is 66.8 Å². The van der Waals surface area contributed by atoms with Gasteiger partial charge in [-0.3, -0.25) is 4.79 Å². The van der Waals surface area contributed by atoms with Crippen LogP contribution in [0.2, 0.25) is 0 Å². The second-order valence-electron chi connectivity index (χ2n) is 5.53. The summed E-state index contributed by atoms with van der Waals surface area (Å²) >= 11 is 0. The number of carboxylic acids is 1. The normalized spacial score (nSPS) is 10.2. The third-order valence-corrected chi connectivity index (χ3v) is 3.59. The first kappa shape index (κ1) is 17.5. The number of amides is 1. The second-order valence-corrected chi connectivity index (χ2v) is 5.53. The van der Waals surface area contributed by atoms with E-state index in [0.29, 0.717) is 17.9 Å². The maximum absolute atomic E-state index is 12.4. The van der Waals surface area contributed by atoms with Crippen LogP contribution in [0.1, 0.15) is 22.3 Å². The van der Waals surface area contributed by atoms with Gasteiger partial charge in [-0.25, -0.2) is 4.79 Å². The Kier molecular flexibility index (Phi) is 6.37. The molecule has 0 saturated carbocycles. The number of ether oxygens (including phenoxy) is 1. The molecule has 126 valence electrons. The van der Waals surface area contributed by atoms with Crippen molar-refractivity contribution in [2.75, 3.05) is 20.2 Å². The highest BCUT2D eigenvalue weighted by Crippen LogP contribution is 2.15. The number of aliphatic carboxylic acids is 1. The molecule has 0 aromatic heterocycles. The zero-order valence-corrected chi connectivity index (χ0v) is 13.6. The van der Waals surface area contributed by atoms with Crippen molar-refractivity contribution in [3.05, 3.63) is 65.7 Å². The molecule has 0 radical (unpaired) electrons. The molecule has 0 aliphatic heterocycles. The average Bonchev–Trinajstić information content (AvgIpc) is 2.60. The van der Waals surface area contributed by atoms with Crippen LogP contribution in [-0.4, -0.2) is 42.1 Å². The number of hydrogen-bond donors (Lipinski definition) is 1. The molecular weight excluding hydrogens is 306 g/mol. The predicted octanol–water partition coefficient (Wildman–Crippen LogP) is 2.85. The van der Waals surface area contributed by atoms with Gasteiger partial charge in [0.1, 0.15) is 5.75 Å². The predicted molar refractivity (Wildman–Crippen MR) is 91.3 cm³/mol. The number of hydrogen-bond acceptors (Lipinski definition) is 3. The maximum atomic E-state index is 12.4. The van der Waals surface area contributed by atoms with Gasteiger partial charge in [-0.15, -0.1) is 0 Å². The number of aryl methyl sites for hydroxylation is 1. The standard InChI is InChI=1S/C19H21NO4/c1-20(12-6-9-15-7-3-2-4-8-15)19(23)16-10-5-11-17(13-16)24-14-18(21)22/h2-5,7-8,10-11,13H,6,9,12,14H2,1H3,(H,21,22). The summed E-state index contributed by atoms with van der Waals surface area (Å²) in [5.41, 5.74) is 1.74. The number of nitrogens with zero attached hydrogens (tertiary/aromatic N) is 1. The summed E-state index contributed by atoms with van der Waals surface area (Å²) in [6, 6.07) is 16.7. The molecule has 24 heavy (non-hydrogen) atoms. The molecule has 0 heterocycles. The van der Waals surface area contributed by atoms with Crippen molar-refractivity contribution in [1.82, 2.24) is 4.90 Å². The lowest BCUT2D eigenvalue weighted by atomic mass is 10.1. The summed E-state index contributed by atoms with van der Waals surface area (Å²) in [6.45, 7) is 0.221.